The Morgan fingerprint density at radius 1 is 1.00 bits per heavy atom. The molecule has 1 aliphatic carbocycles. The Kier molecular flexibility index (Phi) is 17.0. The van der Waals surface area contributed by atoms with E-state index in [0.29, 0.717) is 39.8 Å². The number of hydrogen-bond acceptors (Lipinski definition) is 5. The molecule has 0 saturated heterocycles. The molecule has 2 aromatic carbocycles. The van der Waals surface area contributed by atoms with E-state index in [1.54, 1.807) is 14.0 Å². The molecule has 1 atom stereocenters. The molecule has 0 aliphatic heterocycles. The van der Waals surface area contributed by atoms with Crippen LogP contribution in [0, 0.1) is 17.2 Å². The summed E-state index contributed by atoms with van der Waals surface area (Å²) in [7, 11) is 1.66. The molecular weight excluding hydrogens is 504 g/mol. The van der Waals surface area contributed by atoms with Gasteiger partial charge in [0.25, 0.3) is 0 Å². The molecule has 0 radical (unpaired) electrons. The lowest BCUT2D eigenvalue weighted by Crippen LogP contribution is -2.24. The minimum atomic E-state index is 0.196. The summed E-state index contributed by atoms with van der Waals surface area (Å²) in [5.74, 6) is 3.40. The number of nitrogens with one attached hydrogen (secondary N) is 1. The molecule has 2 aromatic rings. The molecule has 0 spiro atoms. The van der Waals surface area contributed by atoms with Crippen LogP contribution in [0.4, 0.5) is 0 Å². The fraction of sp³-hybridized carbons (Fsp3) is 0.472. The lowest BCUT2D eigenvalue weighted by atomic mass is 9.91. The Balaban J connectivity index is 0.000000581. The van der Waals surface area contributed by atoms with E-state index in [-0.39, 0.29) is 5.71 Å². The van der Waals surface area contributed by atoms with Crippen LogP contribution in [0.1, 0.15) is 99.0 Å². The molecule has 5 nitrogen and oxygen atoms in total. The third-order valence-corrected chi connectivity index (χ3v) is 7.16. The second kappa shape index (κ2) is 19.6. The van der Waals surface area contributed by atoms with Gasteiger partial charge < -0.3 is 10.5 Å². The van der Waals surface area contributed by atoms with Gasteiger partial charge in [-0.05, 0) is 56.4 Å². The first-order chi connectivity index (χ1) is 19.6. The zero-order valence-corrected chi connectivity index (χ0v) is 26.9. The maximum atomic E-state index is 8.84. The highest BCUT2D eigenvalue weighted by molar-refractivity contribution is 6.57. The predicted octanol–water partition coefficient (Wildman–Crippen LogP) is 10.2. The molecule has 5 heteroatoms. The highest BCUT2D eigenvalue weighted by Gasteiger charge is 2.22. The summed E-state index contributed by atoms with van der Waals surface area (Å²) < 4.78 is 6.06. The summed E-state index contributed by atoms with van der Waals surface area (Å²) in [5, 5.41) is 8.84. The van der Waals surface area contributed by atoms with E-state index in [1.165, 1.54) is 38.5 Å². The molecule has 224 valence electrons. The van der Waals surface area contributed by atoms with Gasteiger partial charge in [-0.25, -0.2) is 0 Å². The summed E-state index contributed by atoms with van der Waals surface area (Å²) in [6.07, 6.45) is 9.36. The number of allylic oxidation sites excluding steroid dienone is 3. The number of ether oxygens (including phenoxy) is 1. The van der Waals surface area contributed by atoms with Crippen LogP contribution in [-0.4, -0.2) is 24.2 Å². The van der Waals surface area contributed by atoms with E-state index >= 15 is 0 Å². The summed E-state index contributed by atoms with van der Waals surface area (Å²) >= 11 is 0. The largest absolute Gasteiger partial charge is 0.457 e. The first kappa shape index (κ1) is 35.6. The van der Waals surface area contributed by atoms with E-state index in [0.717, 1.165) is 24.0 Å². The van der Waals surface area contributed by atoms with Crippen molar-refractivity contribution in [3.8, 4) is 11.5 Å². The highest BCUT2D eigenvalue weighted by atomic mass is 16.5. The molecule has 0 unspecified atom stereocenters. The van der Waals surface area contributed by atoms with Crippen LogP contribution in [0.2, 0.25) is 0 Å². The van der Waals surface area contributed by atoms with Crippen molar-refractivity contribution in [1.82, 2.24) is 0 Å². The summed E-state index contributed by atoms with van der Waals surface area (Å²) in [4.78, 5) is 8.89. The van der Waals surface area contributed by atoms with Crippen LogP contribution in [-0.2, 0) is 0 Å². The van der Waals surface area contributed by atoms with Crippen molar-refractivity contribution < 1.29 is 4.74 Å². The zero-order chi connectivity index (χ0) is 30.8. The Labute approximate surface area is 250 Å². The van der Waals surface area contributed by atoms with Gasteiger partial charge in [0.1, 0.15) is 11.5 Å². The molecule has 1 aliphatic rings. The van der Waals surface area contributed by atoms with Crippen LogP contribution < -0.4 is 10.5 Å². The minimum absolute atomic E-state index is 0.196. The van der Waals surface area contributed by atoms with Crippen molar-refractivity contribution in [2.45, 2.75) is 93.4 Å². The minimum Gasteiger partial charge on any atom is -0.457 e. The molecular formula is C36H54N4O. The van der Waals surface area contributed by atoms with Crippen molar-refractivity contribution in [2.75, 3.05) is 7.05 Å². The van der Waals surface area contributed by atoms with Crippen molar-refractivity contribution >= 4 is 17.1 Å². The molecule has 0 bridgehead atoms. The van der Waals surface area contributed by atoms with E-state index < -0.39 is 0 Å². The van der Waals surface area contributed by atoms with Gasteiger partial charge >= 0.3 is 0 Å². The van der Waals surface area contributed by atoms with E-state index in [1.807, 2.05) is 68.4 Å². The van der Waals surface area contributed by atoms with E-state index in [2.05, 4.69) is 44.3 Å². The monoisotopic (exact) mass is 558 g/mol. The predicted molar refractivity (Wildman–Crippen MR) is 180 cm³/mol. The molecule has 41 heavy (non-hydrogen) atoms. The number of para-hydroxylation sites is 2. The standard InChI is InChI=1S/C24H28N4O.C9H18.C3H8/c1-6-16(2)28-18(4)22(17(3)25)23(26)24(27-5)20-14-10-11-15-21(20)29-19-12-8-7-9-13-19;1-3-8(2)9-6-4-5-7-9;1-3-2/h7-15,26H,2,6,25H2,1,3-5H3;8-9H,3-7H2,1-2H3;3H2,1-2H3/b22-17-,26-23?,27-24?,28-18?;;/t;8-;/m.1./s1. The molecule has 0 heterocycles. The van der Waals surface area contributed by atoms with Gasteiger partial charge in [-0.2, -0.15) is 0 Å². The van der Waals surface area contributed by atoms with Gasteiger partial charge in [0.2, 0.25) is 0 Å². The second-order valence-corrected chi connectivity index (χ2v) is 10.7. The fourth-order valence-corrected chi connectivity index (χ4v) is 4.75. The van der Waals surface area contributed by atoms with Gasteiger partial charge in [0.05, 0.1) is 11.4 Å². The zero-order valence-electron chi connectivity index (χ0n) is 26.9. The molecule has 3 N–H and O–H groups in total. The van der Waals surface area contributed by atoms with Gasteiger partial charge in [-0.1, -0.05) is 110 Å². The Bertz CT molecular complexity index is 1170. The molecule has 0 amide bonds. The van der Waals surface area contributed by atoms with E-state index in [4.69, 9.17) is 15.9 Å². The molecule has 3 rings (SSSR count). The van der Waals surface area contributed by atoms with Crippen LogP contribution in [0.3, 0.4) is 0 Å². The average molecular weight is 559 g/mol. The molecule has 0 aromatic heterocycles. The summed E-state index contributed by atoms with van der Waals surface area (Å²) in [5.41, 5.74) is 9.95. The number of aliphatic imine (C=N–C) groups is 2. The van der Waals surface area contributed by atoms with Gasteiger partial charge in [-0.15, -0.1) is 0 Å². The summed E-state index contributed by atoms with van der Waals surface area (Å²) in [6.45, 7) is 18.5. The number of benzene rings is 2. The Morgan fingerprint density at radius 3 is 2.07 bits per heavy atom. The smallest absolute Gasteiger partial charge is 0.136 e. The van der Waals surface area contributed by atoms with Crippen molar-refractivity contribution in [1.29, 1.82) is 5.41 Å². The SMILES string of the molecule is C=C(CC)N=C(C)/C(C(=N)C(=NC)c1ccccc1Oc1ccccc1)=C(\C)N.CCC.CC[C@@H](C)C1CCCC1. The van der Waals surface area contributed by atoms with Crippen molar-refractivity contribution in [3.63, 3.8) is 0 Å². The quantitative estimate of drug-likeness (QED) is 0.284. The van der Waals surface area contributed by atoms with Crippen LogP contribution >= 0.6 is 0 Å². The number of nitrogens with zero attached hydrogens (tertiary/aromatic N) is 2. The normalized spacial score (nSPS) is 15.0. The lowest BCUT2D eigenvalue weighted by molar-refractivity contribution is 0.357. The van der Waals surface area contributed by atoms with Crippen molar-refractivity contribution in [2.24, 2.45) is 27.6 Å². The Hall–Kier alpha value is -3.47. The number of hydrogen-bond donors (Lipinski definition) is 2. The highest BCUT2D eigenvalue weighted by Crippen LogP contribution is 2.32. The van der Waals surface area contributed by atoms with Crippen LogP contribution in [0.15, 0.2) is 88.1 Å². The molecule has 1 saturated carbocycles. The van der Waals surface area contributed by atoms with E-state index in [9.17, 15) is 0 Å². The van der Waals surface area contributed by atoms with Crippen LogP contribution in [0.25, 0.3) is 0 Å². The maximum absolute atomic E-state index is 8.84. The topological polar surface area (TPSA) is 83.8 Å². The Morgan fingerprint density at radius 2 is 1.56 bits per heavy atom. The third kappa shape index (κ3) is 11.9. The van der Waals surface area contributed by atoms with Gasteiger partial charge in [-0.3, -0.25) is 15.4 Å². The second-order valence-electron chi connectivity index (χ2n) is 10.7. The number of rotatable bonds is 10. The first-order valence-corrected chi connectivity index (χ1v) is 15.2. The fourth-order valence-electron chi connectivity index (χ4n) is 4.75. The first-order valence-electron chi connectivity index (χ1n) is 15.2. The maximum Gasteiger partial charge on any atom is 0.136 e. The molecule has 1 fully saturated rings. The van der Waals surface area contributed by atoms with Gasteiger partial charge in [0, 0.05) is 35.3 Å². The third-order valence-electron chi connectivity index (χ3n) is 7.16. The van der Waals surface area contributed by atoms with Crippen LogP contribution in [0.5, 0.6) is 11.5 Å². The van der Waals surface area contributed by atoms with Crippen molar-refractivity contribution in [3.05, 3.63) is 83.7 Å². The summed E-state index contributed by atoms with van der Waals surface area (Å²) in [6, 6.07) is 17.0. The average Bonchev–Trinajstić information content (AvgIpc) is 3.50. The number of nitrogens with two attached hydrogens (primary N) is 1. The van der Waals surface area contributed by atoms with Gasteiger partial charge in [0.15, 0.2) is 0 Å². The lowest BCUT2D eigenvalue weighted by Gasteiger charge is -2.17.